The molecule has 1 saturated heterocycles. The van der Waals surface area contributed by atoms with Gasteiger partial charge in [-0.2, -0.15) is 0 Å². The van der Waals surface area contributed by atoms with Gasteiger partial charge in [-0.25, -0.2) is 13.2 Å². The van der Waals surface area contributed by atoms with Crippen molar-refractivity contribution >= 4 is 33.3 Å². The second-order valence-corrected chi connectivity index (χ2v) is 12.4. The topological polar surface area (TPSA) is 157 Å². The Balaban J connectivity index is 1.26. The van der Waals surface area contributed by atoms with E-state index in [1.807, 2.05) is 42.5 Å². The van der Waals surface area contributed by atoms with Crippen molar-refractivity contribution in [1.82, 2.24) is 10.6 Å². The second kappa shape index (κ2) is 14.4. The normalized spacial score (nSPS) is 15.4. The molecule has 0 spiro atoms. The van der Waals surface area contributed by atoms with Crippen LogP contribution in [0, 0.1) is 0 Å². The SMILES string of the molecule is COC(=O)[C@H](Cc1ccccc1)NC(=O)c1ccc(N2CCC(NC[C@H](O)c3ccc(O)c(NS(C)(=O)=O)c3)CC2)cc1. The molecule has 3 aromatic rings. The summed E-state index contributed by atoms with van der Waals surface area (Å²) in [6, 6.07) is 20.4. The van der Waals surface area contributed by atoms with Gasteiger partial charge >= 0.3 is 5.97 Å². The van der Waals surface area contributed by atoms with Crippen LogP contribution in [0.15, 0.2) is 72.8 Å². The first-order valence-electron chi connectivity index (χ1n) is 14.0. The zero-order valence-electron chi connectivity index (χ0n) is 24.2. The van der Waals surface area contributed by atoms with Gasteiger partial charge in [0.2, 0.25) is 10.0 Å². The average molecular weight is 611 g/mol. The van der Waals surface area contributed by atoms with Gasteiger partial charge in [0.05, 0.1) is 25.2 Å². The number of carbonyl (C=O) groups excluding carboxylic acids is 2. The van der Waals surface area contributed by atoms with E-state index in [1.165, 1.54) is 19.2 Å². The number of phenolic OH excluding ortho intramolecular Hbond substituents is 1. The average Bonchev–Trinajstić information content (AvgIpc) is 3.00. The van der Waals surface area contributed by atoms with Crippen LogP contribution in [0.5, 0.6) is 5.75 Å². The lowest BCUT2D eigenvalue weighted by atomic mass is 10.0. The minimum atomic E-state index is -3.58. The molecule has 1 amide bonds. The van der Waals surface area contributed by atoms with Gasteiger partial charge in [0.15, 0.2) is 0 Å². The first kappa shape index (κ1) is 31.8. The fraction of sp³-hybridized carbons (Fsp3) is 0.355. The number of nitrogens with zero attached hydrogens (tertiary/aromatic N) is 1. The van der Waals surface area contributed by atoms with Gasteiger partial charge in [-0.15, -0.1) is 0 Å². The molecule has 0 aliphatic carbocycles. The number of phenols is 1. The second-order valence-electron chi connectivity index (χ2n) is 10.6. The summed E-state index contributed by atoms with van der Waals surface area (Å²) in [4.78, 5) is 27.4. The third-order valence-corrected chi connectivity index (χ3v) is 7.95. The van der Waals surface area contributed by atoms with E-state index >= 15 is 0 Å². The molecule has 1 fully saturated rings. The molecule has 0 unspecified atom stereocenters. The highest BCUT2D eigenvalue weighted by molar-refractivity contribution is 7.92. The van der Waals surface area contributed by atoms with Gasteiger partial charge in [-0.1, -0.05) is 36.4 Å². The molecular formula is C31H38N4O7S. The van der Waals surface area contributed by atoms with Crippen molar-refractivity contribution in [3.8, 4) is 5.75 Å². The van der Waals surface area contributed by atoms with Crippen molar-refractivity contribution in [2.75, 3.05) is 42.6 Å². The number of hydrogen-bond acceptors (Lipinski definition) is 9. The summed E-state index contributed by atoms with van der Waals surface area (Å²) in [5, 5.41) is 26.7. The lowest BCUT2D eigenvalue weighted by Gasteiger charge is -2.34. The molecule has 0 radical (unpaired) electrons. The van der Waals surface area contributed by atoms with Crippen LogP contribution in [0.2, 0.25) is 0 Å². The van der Waals surface area contributed by atoms with Crippen LogP contribution in [0.25, 0.3) is 0 Å². The number of nitrogens with one attached hydrogen (secondary N) is 3. The first-order valence-corrected chi connectivity index (χ1v) is 15.9. The van der Waals surface area contributed by atoms with E-state index in [0.29, 0.717) is 17.5 Å². The summed E-state index contributed by atoms with van der Waals surface area (Å²) >= 11 is 0. The number of amides is 1. The van der Waals surface area contributed by atoms with Crippen LogP contribution >= 0.6 is 0 Å². The zero-order chi connectivity index (χ0) is 31.0. The van der Waals surface area contributed by atoms with Gasteiger partial charge in [0, 0.05) is 43.3 Å². The number of aliphatic hydroxyl groups is 1. The number of esters is 1. The van der Waals surface area contributed by atoms with Crippen LogP contribution in [-0.4, -0.2) is 75.6 Å². The fourth-order valence-corrected chi connectivity index (χ4v) is 5.59. The van der Waals surface area contributed by atoms with E-state index < -0.39 is 28.1 Å². The number of carbonyl (C=O) groups is 2. The molecule has 11 nitrogen and oxygen atoms in total. The Morgan fingerprint density at radius 1 is 1.02 bits per heavy atom. The molecule has 2 atom stereocenters. The molecule has 0 bridgehead atoms. The van der Waals surface area contributed by atoms with E-state index in [-0.39, 0.29) is 29.9 Å². The van der Waals surface area contributed by atoms with E-state index in [1.54, 1.807) is 18.2 Å². The minimum absolute atomic E-state index is 0.0197. The highest BCUT2D eigenvalue weighted by Gasteiger charge is 2.24. The molecule has 230 valence electrons. The van der Waals surface area contributed by atoms with Gasteiger partial charge in [-0.3, -0.25) is 9.52 Å². The number of piperidine rings is 1. The van der Waals surface area contributed by atoms with Crippen molar-refractivity contribution in [1.29, 1.82) is 0 Å². The number of anilines is 2. The summed E-state index contributed by atoms with van der Waals surface area (Å²) in [7, 11) is -2.27. The van der Waals surface area contributed by atoms with Crippen molar-refractivity contribution in [3.63, 3.8) is 0 Å². The maximum absolute atomic E-state index is 12.9. The summed E-state index contributed by atoms with van der Waals surface area (Å²) in [6.07, 6.45) is 2.11. The number of rotatable bonds is 12. The molecule has 1 aliphatic heterocycles. The van der Waals surface area contributed by atoms with Crippen molar-refractivity contribution in [3.05, 3.63) is 89.5 Å². The Morgan fingerprint density at radius 2 is 1.70 bits per heavy atom. The Kier molecular flexibility index (Phi) is 10.6. The van der Waals surface area contributed by atoms with Gasteiger partial charge in [0.25, 0.3) is 5.91 Å². The van der Waals surface area contributed by atoms with Crippen LogP contribution in [0.1, 0.15) is 40.4 Å². The van der Waals surface area contributed by atoms with Crippen LogP contribution in [0.4, 0.5) is 11.4 Å². The van der Waals surface area contributed by atoms with Crippen LogP contribution in [-0.2, 0) is 26.0 Å². The van der Waals surface area contributed by atoms with Crippen LogP contribution in [0.3, 0.4) is 0 Å². The molecule has 1 aliphatic rings. The van der Waals surface area contributed by atoms with Gasteiger partial charge < -0.3 is 30.5 Å². The molecule has 12 heteroatoms. The Morgan fingerprint density at radius 3 is 2.33 bits per heavy atom. The van der Waals surface area contributed by atoms with Crippen molar-refractivity contribution in [2.45, 2.75) is 37.5 Å². The van der Waals surface area contributed by atoms with Crippen molar-refractivity contribution in [2.24, 2.45) is 0 Å². The Bertz CT molecular complexity index is 1490. The smallest absolute Gasteiger partial charge is 0.328 e. The lowest BCUT2D eigenvalue weighted by molar-refractivity contribution is -0.142. The summed E-state index contributed by atoms with van der Waals surface area (Å²) in [6.45, 7) is 1.83. The number of hydrogen-bond donors (Lipinski definition) is 5. The predicted octanol–water partition coefficient (Wildman–Crippen LogP) is 2.57. The predicted molar refractivity (Wildman–Crippen MR) is 165 cm³/mol. The standard InChI is InChI=1S/C31H38N4O7S/c1-42-31(39)27(18-21-6-4-3-5-7-21)33-30(38)22-8-11-25(12-9-22)35-16-14-24(15-17-35)32-20-29(37)23-10-13-28(36)26(19-23)34-43(2,40)41/h3-13,19,24,27,29,32,34,36-37H,14-18,20H2,1-2H3,(H,33,38)/t27-,29-/m0/s1. The minimum Gasteiger partial charge on any atom is -0.506 e. The summed E-state index contributed by atoms with van der Waals surface area (Å²) in [5.41, 5.74) is 2.85. The molecule has 1 heterocycles. The Labute approximate surface area is 251 Å². The summed E-state index contributed by atoms with van der Waals surface area (Å²) in [5.74, 6) is -1.08. The largest absolute Gasteiger partial charge is 0.506 e. The number of sulfonamides is 1. The number of aliphatic hydroxyl groups excluding tert-OH is 1. The Hall–Kier alpha value is -4.13. The number of methoxy groups -OCH3 is 1. The molecule has 5 N–H and O–H groups in total. The van der Waals surface area contributed by atoms with E-state index in [4.69, 9.17) is 4.74 Å². The monoisotopic (exact) mass is 610 g/mol. The molecular weight excluding hydrogens is 572 g/mol. The first-order chi connectivity index (χ1) is 20.5. The zero-order valence-corrected chi connectivity index (χ0v) is 25.0. The summed E-state index contributed by atoms with van der Waals surface area (Å²) < 4.78 is 30.2. The number of aromatic hydroxyl groups is 1. The van der Waals surface area contributed by atoms with Gasteiger partial charge in [-0.05, 0) is 60.4 Å². The maximum Gasteiger partial charge on any atom is 0.328 e. The van der Waals surface area contributed by atoms with E-state index in [2.05, 4.69) is 20.3 Å². The highest BCUT2D eigenvalue weighted by atomic mass is 32.2. The van der Waals surface area contributed by atoms with Crippen LogP contribution < -0.4 is 20.3 Å². The molecule has 4 rings (SSSR count). The quantitative estimate of drug-likeness (QED) is 0.154. The molecule has 3 aromatic carbocycles. The highest BCUT2D eigenvalue weighted by Crippen LogP contribution is 2.28. The van der Waals surface area contributed by atoms with Gasteiger partial charge in [0.1, 0.15) is 11.8 Å². The molecule has 43 heavy (non-hydrogen) atoms. The van der Waals surface area contributed by atoms with E-state index in [9.17, 15) is 28.2 Å². The molecule has 0 aromatic heterocycles. The fourth-order valence-electron chi connectivity index (χ4n) is 5.03. The maximum atomic E-state index is 12.9. The molecule has 0 saturated carbocycles. The van der Waals surface area contributed by atoms with Crippen molar-refractivity contribution < 1.29 is 33.0 Å². The number of benzene rings is 3. The third kappa shape index (κ3) is 9.18. The van der Waals surface area contributed by atoms with E-state index in [0.717, 1.165) is 43.4 Å². The lowest BCUT2D eigenvalue weighted by Crippen LogP contribution is -2.44. The third-order valence-electron chi connectivity index (χ3n) is 7.36. The number of ether oxygens (including phenoxy) is 1.